The number of aldehydes is 1. The second kappa shape index (κ2) is 4.78. The summed E-state index contributed by atoms with van der Waals surface area (Å²) in [4.78, 5) is 21.2. The van der Waals surface area contributed by atoms with Gasteiger partial charge in [-0.3, -0.25) is 4.79 Å². The highest BCUT2D eigenvalue weighted by Gasteiger charge is 2.30. The van der Waals surface area contributed by atoms with Crippen molar-refractivity contribution in [3.05, 3.63) is 35.4 Å². The van der Waals surface area contributed by atoms with Gasteiger partial charge in [0.2, 0.25) is 0 Å². The number of alkyl halides is 3. The summed E-state index contributed by atoms with van der Waals surface area (Å²) in [5.74, 6) is -0.583. The van der Waals surface area contributed by atoms with Crippen LogP contribution in [-0.2, 0) is 11.0 Å². The van der Waals surface area contributed by atoms with Gasteiger partial charge in [-0.05, 0) is 24.3 Å². The number of nitrogens with one attached hydrogen (secondary N) is 1. The molecule has 3 nitrogen and oxygen atoms in total. The molecule has 0 aliphatic carbocycles. The van der Waals surface area contributed by atoms with Crippen LogP contribution in [0.1, 0.15) is 15.9 Å². The summed E-state index contributed by atoms with van der Waals surface area (Å²) in [5.41, 5.74) is -0.741. The summed E-state index contributed by atoms with van der Waals surface area (Å²) in [6, 6.07) is 3.75. The van der Waals surface area contributed by atoms with Crippen LogP contribution in [0.15, 0.2) is 24.3 Å². The molecule has 6 heteroatoms. The first-order valence-electron chi connectivity index (χ1n) is 4.34. The molecule has 0 spiro atoms. The van der Waals surface area contributed by atoms with Gasteiger partial charge < -0.3 is 10.1 Å². The highest BCUT2D eigenvalue weighted by atomic mass is 19.4. The molecule has 0 fully saturated rings. The van der Waals surface area contributed by atoms with E-state index in [2.05, 4.69) is 5.32 Å². The highest BCUT2D eigenvalue weighted by molar-refractivity contribution is 5.95. The molecule has 1 N–H and O–H groups in total. The second-order valence-corrected chi connectivity index (χ2v) is 2.95. The van der Waals surface area contributed by atoms with Crippen molar-refractivity contribution in [2.24, 2.45) is 0 Å². The zero-order valence-corrected chi connectivity index (χ0v) is 8.04. The molecule has 0 saturated carbocycles. The Labute approximate surface area is 89.3 Å². The molecule has 0 saturated heterocycles. The lowest BCUT2D eigenvalue weighted by molar-refractivity contribution is -0.137. The molecule has 0 atom stereocenters. The largest absolute Gasteiger partial charge is 0.416 e. The van der Waals surface area contributed by atoms with Crippen LogP contribution in [-0.4, -0.2) is 18.7 Å². The molecule has 16 heavy (non-hydrogen) atoms. The third-order valence-corrected chi connectivity index (χ3v) is 1.82. The van der Waals surface area contributed by atoms with Crippen LogP contribution in [0.3, 0.4) is 0 Å². The van der Waals surface area contributed by atoms with Crippen LogP contribution in [0, 0.1) is 0 Å². The minimum absolute atomic E-state index is 0.0786. The Hall–Kier alpha value is -1.85. The smallest absolute Gasteiger partial charge is 0.345 e. The van der Waals surface area contributed by atoms with Crippen molar-refractivity contribution in [3.63, 3.8) is 0 Å². The zero-order chi connectivity index (χ0) is 12.2. The number of hydrogen-bond donors (Lipinski definition) is 1. The monoisotopic (exact) mass is 231 g/mol. The van der Waals surface area contributed by atoms with Gasteiger partial charge in [0.25, 0.3) is 5.91 Å². The molecule has 0 aliphatic heterocycles. The van der Waals surface area contributed by atoms with E-state index in [1.165, 1.54) is 0 Å². The maximum atomic E-state index is 12.2. The van der Waals surface area contributed by atoms with Gasteiger partial charge >= 0.3 is 6.18 Å². The fourth-order valence-corrected chi connectivity index (χ4v) is 1.05. The molecule has 1 amide bonds. The first-order chi connectivity index (χ1) is 7.45. The Bertz CT molecular complexity index is 384. The van der Waals surface area contributed by atoms with Gasteiger partial charge in [0.1, 0.15) is 6.29 Å². The predicted octanol–water partition coefficient (Wildman–Crippen LogP) is 1.63. The van der Waals surface area contributed by atoms with Gasteiger partial charge in [-0.1, -0.05) is 0 Å². The number of carbonyl (C=O) groups excluding carboxylic acids is 2. The van der Waals surface area contributed by atoms with Crippen LogP contribution in [0.25, 0.3) is 0 Å². The van der Waals surface area contributed by atoms with Gasteiger partial charge in [-0.2, -0.15) is 13.2 Å². The van der Waals surface area contributed by atoms with E-state index in [9.17, 15) is 22.8 Å². The molecule has 86 valence electrons. The molecule has 1 rings (SSSR count). The van der Waals surface area contributed by atoms with E-state index >= 15 is 0 Å². The maximum absolute atomic E-state index is 12.2. The zero-order valence-electron chi connectivity index (χ0n) is 8.04. The summed E-state index contributed by atoms with van der Waals surface area (Å²) in [6.07, 6.45) is -3.93. The third-order valence-electron chi connectivity index (χ3n) is 1.82. The minimum atomic E-state index is -4.42. The summed E-state index contributed by atoms with van der Waals surface area (Å²) >= 11 is 0. The molecule has 1 aromatic rings. The average Bonchev–Trinajstić information content (AvgIpc) is 2.25. The molecule has 0 bridgehead atoms. The number of rotatable bonds is 3. The van der Waals surface area contributed by atoms with Crippen molar-refractivity contribution in [3.8, 4) is 0 Å². The molecule has 1 aromatic carbocycles. The Morgan fingerprint density at radius 1 is 1.25 bits per heavy atom. The lowest BCUT2D eigenvalue weighted by Crippen LogP contribution is -2.25. The lowest BCUT2D eigenvalue weighted by atomic mass is 10.1. The van der Waals surface area contributed by atoms with E-state index in [0.29, 0.717) is 6.29 Å². The summed E-state index contributed by atoms with van der Waals surface area (Å²) in [7, 11) is 0. The number of amides is 1. The first-order valence-corrected chi connectivity index (χ1v) is 4.34. The molecule has 0 aliphatic rings. The van der Waals surface area contributed by atoms with Gasteiger partial charge in [0.05, 0.1) is 12.1 Å². The third kappa shape index (κ3) is 3.08. The lowest BCUT2D eigenvalue weighted by Gasteiger charge is -2.07. The maximum Gasteiger partial charge on any atom is 0.416 e. The van der Waals surface area contributed by atoms with Crippen LogP contribution >= 0.6 is 0 Å². The fraction of sp³-hybridized carbons (Fsp3) is 0.200. The summed E-state index contributed by atoms with van der Waals surface area (Å²) in [5, 5.41) is 2.22. The van der Waals surface area contributed by atoms with Gasteiger partial charge in [-0.25, -0.2) is 0 Å². The standard InChI is InChI=1S/C10H8F3NO2/c11-10(12,13)8-3-1-7(2-4-8)9(16)14-5-6-15/h1-4,6H,5H2,(H,14,16). The van der Waals surface area contributed by atoms with Crippen molar-refractivity contribution in [2.45, 2.75) is 6.18 Å². The molecule has 0 radical (unpaired) electrons. The van der Waals surface area contributed by atoms with Crippen LogP contribution in [0.5, 0.6) is 0 Å². The van der Waals surface area contributed by atoms with Gasteiger partial charge in [-0.15, -0.1) is 0 Å². The topological polar surface area (TPSA) is 46.2 Å². The quantitative estimate of drug-likeness (QED) is 0.803. The van der Waals surface area contributed by atoms with Crippen LogP contribution < -0.4 is 5.32 Å². The van der Waals surface area contributed by atoms with E-state index in [1.54, 1.807) is 0 Å². The van der Waals surface area contributed by atoms with Crippen molar-refractivity contribution >= 4 is 12.2 Å². The van der Waals surface area contributed by atoms with Crippen molar-refractivity contribution in [1.82, 2.24) is 5.32 Å². The van der Waals surface area contributed by atoms with E-state index < -0.39 is 17.6 Å². The predicted molar refractivity (Wildman–Crippen MR) is 49.8 cm³/mol. The molecular formula is C10H8F3NO2. The van der Waals surface area contributed by atoms with Gasteiger partial charge in [0, 0.05) is 5.56 Å². The second-order valence-electron chi connectivity index (χ2n) is 2.95. The number of carbonyl (C=O) groups is 2. The summed E-state index contributed by atoms with van der Waals surface area (Å²) < 4.78 is 36.5. The Morgan fingerprint density at radius 2 is 1.81 bits per heavy atom. The summed E-state index contributed by atoms with van der Waals surface area (Å²) in [6.45, 7) is -0.167. The Morgan fingerprint density at radius 3 is 2.25 bits per heavy atom. The number of halogens is 3. The van der Waals surface area contributed by atoms with Crippen molar-refractivity contribution in [1.29, 1.82) is 0 Å². The molecular weight excluding hydrogens is 223 g/mol. The first kappa shape index (κ1) is 12.2. The fourth-order valence-electron chi connectivity index (χ4n) is 1.05. The van der Waals surface area contributed by atoms with Crippen LogP contribution in [0.2, 0.25) is 0 Å². The van der Waals surface area contributed by atoms with Crippen molar-refractivity contribution < 1.29 is 22.8 Å². The van der Waals surface area contributed by atoms with Gasteiger partial charge in [0.15, 0.2) is 0 Å². The molecule has 0 heterocycles. The van der Waals surface area contributed by atoms with E-state index in [-0.39, 0.29) is 12.1 Å². The Balaban J connectivity index is 2.79. The van der Waals surface area contributed by atoms with Crippen LogP contribution in [0.4, 0.5) is 13.2 Å². The normalized spacial score (nSPS) is 10.9. The average molecular weight is 231 g/mol. The number of hydrogen-bond acceptors (Lipinski definition) is 2. The number of benzene rings is 1. The van der Waals surface area contributed by atoms with Crippen molar-refractivity contribution in [2.75, 3.05) is 6.54 Å². The van der Waals surface area contributed by atoms with E-state index in [1.807, 2.05) is 0 Å². The van der Waals surface area contributed by atoms with E-state index in [4.69, 9.17) is 0 Å². The van der Waals surface area contributed by atoms with E-state index in [0.717, 1.165) is 24.3 Å². The molecule has 0 unspecified atom stereocenters. The highest BCUT2D eigenvalue weighted by Crippen LogP contribution is 2.28. The molecule has 0 aromatic heterocycles. The SMILES string of the molecule is O=CCNC(=O)c1ccc(C(F)(F)F)cc1. The Kier molecular flexibility index (Phi) is 3.65. The minimum Gasteiger partial charge on any atom is -0.345 e.